The molecule has 0 bridgehead atoms. The number of methoxy groups -OCH3 is 1. The monoisotopic (exact) mass is 411 g/mol. The molecule has 0 aromatic heterocycles. The maximum Gasteiger partial charge on any atom is 0.309 e. The molecule has 3 N–H and O–H groups in total. The van der Waals surface area contributed by atoms with Crippen LogP contribution in [-0.2, 0) is 15.0 Å². The number of hydrogen-bond donors (Lipinski definition) is 2. The van der Waals surface area contributed by atoms with Crippen molar-refractivity contribution in [3.63, 3.8) is 0 Å². The van der Waals surface area contributed by atoms with Crippen molar-refractivity contribution in [1.82, 2.24) is 4.72 Å². The van der Waals surface area contributed by atoms with Gasteiger partial charge in [0.05, 0.1) is 23.9 Å². The van der Waals surface area contributed by atoms with Crippen LogP contribution in [0.2, 0.25) is 5.02 Å². The zero-order chi connectivity index (χ0) is 20.2. The number of halogens is 1. The molecule has 0 spiro atoms. The fraction of sp³-hybridized carbons (Fsp3) is 0.176. The number of primary amides is 1. The van der Waals surface area contributed by atoms with Crippen LogP contribution < -0.4 is 19.5 Å². The number of amides is 2. The summed E-state index contributed by atoms with van der Waals surface area (Å²) in [6.45, 7) is 1.27. The summed E-state index contributed by atoms with van der Waals surface area (Å²) in [7, 11) is -3.02. The summed E-state index contributed by atoms with van der Waals surface area (Å²) in [6.07, 6.45) is 0. The first-order valence-electron chi connectivity index (χ1n) is 7.72. The predicted molar refractivity (Wildman–Crippen MR) is 102 cm³/mol. The zero-order valence-electron chi connectivity index (χ0n) is 14.5. The molecule has 0 saturated heterocycles. The lowest BCUT2D eigenvalue weighted by Gasteiger charge is -2.25. The summed E-state index contributed by atoms with van der Waals surface area (Å²) in [6, 6.07) is 10.6. The van der Waals surface area contributed by atoms with Crippen molar-refractivity contribution in [3.05, 3.63) is 59.1 Å². The Balaban J connectivity index is 2.54. The molecule has 0 heterocycles. The van der Waals surface area contributed by atoms with Crippen LogP contribution in [0.1, 0.15) is 17.3 Å². The van der Waals surface area contributed by atoms with Crippen LogP contribution in [-0.4, -0.2) is 33.4 Å². The normalized spacial score (nSPS) is 12.3. The number of carbonyl (C=O) groups excluding carboxylic acids is 2. The van der Waals surface area contributed by atoms with E-state index in [9.17, 15) is 18.0 Å². The van der Waals surface area contributed by atoms with Crippen LogP contribution in [0.3, 0.4) is 0 Å². The van der Waals surface area contributed by atoms with Gasteiger partial charge in [-0.3, -0.25) is 9.59 Å². The standard InChI is InChI=1S/C17H18ClN3O5S/c1-11(16(19)22)20-27(24,25)21(15-6-4-3-5-14(15)18)17(23)12-7-9-13(26-2)10-8-12/h3-11,20H,1-2H3,(H2,19,22)/t11-/m0/s1. The molecule has 2 aromatic carbocycles. The molecule has 10 heteroatoms. The average Bonchev–Trinajstić information content (AvgIpc) is 2.62. The highest BCUT2D eigenvalue weighted by molar-refractivity contribution is 7.91. The predicted octanol–water partition coefficient (Wildman–Crippen LogP) is 1.70. The average molecular weight is 412 g/mol. The molecule has 144 valence electrons. The number of rotatable bonds is 7. The minimum Gasteiger partial charge on any atom is -0.497 e. The Kier molecular flexibility index (Phi) is 6.42. The van der Waals surface area contributed by atoms with Gasteiger partial charge in [0.25, 0.3) is 5.91 Å². The van der Waals surface area contributed by atoms with Crippen molar-refractivity contribution >= 4 is 39.3 Å². The summed E-state index contributed by atoms with van der Waals surface area (Å²) in [5.74, 6) is -1.26. The third kappa shape index (κ3) is 4.76. The van der Waals surface area contributed by atoms with Crippen molar-refractivity contribution in [2.24, 2.45) is 5.73 Å². The number of nitrogens with one attached hydrogen (secondary N) is 1. The summed E-state index contributed by atoms with van der Waals surface area (Å²) < 4.78 is 33.3. The molecule has 27 heavy (non-hydrogen) atoms. The molecule has 0 unspecified atom stereocenters. The first-order chi connectivity index (χ1) is 12.7. The van der Waals surface area contributed by atoms with Gasteiger partial charge in [-0.25, -0.2) is 0 Å². The number of carbonyl (C=O) groups is 2. The van der Waals surface area contributed by atoms with E-state index in [1.165, 1.54) is 56.5 Å². The van der Waals surface area contributed by atoms with Crippen LogP contribution in [0.4, 0.5) is 5.69 Å². The minimum atomic E-state index is -4.49. The van der Waals surface area contributed by atoms with Gasteiger partial charge in [-0.15, -0.1) is 0 Å². The van der Waals surface area contributed by atoms with E-state index in [1.54, 1.807) is 6.07 Å². The first kappa shape index (κ1) is 20.7. The molecule has 0 aliphatic rings. The second-order valence-corrected chi connectivity index (χ2v) is 7.45. The Morgan fingerprint density at radius 2 is 1.74 bits per heavy atom. The summed E-state index contributed by atoms with van der Waals surface area (Å²) in [5, 5.41) is 0.0384. The molecule has 0 fully saturated rings. The quantitative estimate of drug-likeness (QED) is 0.718. The lowest BCUT2D eigenvalue weighted by atomic mass is 10.2. The lowest BCUT2D eigenvalue weighted by molar-refractivity contribution is -0.119. The number of hydrogen-bond acceptors (Lipinski definition) is 5. The molecule has 0 saturated carbocycles. The van der Waals surface area contributed by atoms with Gasteiger partial charge in [0.2, 0.25) is 5.91 Å². The van der Waals surface area contributed by atoms with E-state index in [1.807, 2.05) is 0 Å². The molecule has 2 rings (SSSR count). The van der Waals surface area contributed by atoms with Gasteiger partial charge >= 0.3 is 10.2 Å². The van der Waals surface area contributed by atoms with Gasteiger partial charge < -0.3 is 10.5 Å². The van der Waals surface area contributed by atoms with Gasteiger partial charge in [-0.05, 0) is 43.3 Å². The van der Waals surface area contributed by atoms with Crippen LogP contribution in [0.15, 0.2) is 48.5 Å². The SMILES string of the molecule is COc1ccc(C(=O)N(c2ccccc2Cl)S(=O)(=O)N[C@@H](C)C(N)=O)cc1. The van der Waals surface area contributed by atoms with E-state index in [2.05, 4.69) is 4.72 Å². The Labute approximate surface area is 162 Å². The Bertz CT molecular complexity index is 947. The number of benzene rings is 2. The molecular formula is C17H18ClN3O5S. The third-order valence-corrected chi connectivity index (χ3v) is 5.40. The van der Waals surface area contributed by atoms with E-state index >= 15 is 0 Å². The Morgan fingerprint density at radius 1 is 1.15 bits per heavy atom. The lowest BCUT2D eigenvalue weighted by Crippen LogP contribution is -2.51. The Morgan fingerprint density at radius 3 is 2.26 bits per heavy atom. The van der Waals surface area contributed by atoms with Gasteiger partial charge in [-0.2, -0.15) is 17.4 Å². The first-order valence-corrected chi connectivity index (χ1v) is 9.54. The molecule has 0 aliphatic heterocycles. The van der Waals surface area contributed by atoms with Gasteiger partial charge in [-0.1, -0.05) is 23.7 Å². The molecule has 0 radical (unpaired) electrons. The number of nitrogens with two attached hydrogens (primary N) is 1. The highest BCUT2D eigenvalue weighted by Gasteiger charge is 2.33. The van der Waals surface area contributed by atoms with Crippen LogP contribution in [0.5, 0.6) is 5.75 Å². The fourth-order valence-electron chi connectivity index (χ4n) is 2.15. The topological polar surface area (TPSA) is 119 Å². The van der Waals surface area contributed by atoms with Gasteiger partial charge in [0.1, 0.15) is 5.75 Å². The van der Waals surface area contributed by atoms with Gasteiger partial charge in [0.15, 0.2) is 0 Å². The van der Waals surface area contributed by atoms with Crippen molar-refractivity contribution < 1.29 is 22.7 Å². The molecule has 8 nitrogen and oxygen atoms in total. The minimum absolute atomic E-state index is 0.0384. The van der Waals surface area contributed by atoms with E-state index in [0.29, 0.717) is 10.1 Å². The van der Waals surface area contributed by atoms with E-state index in [0.717, 1.165) is 0 Å². The van der Waals surface area contributed by atoms with Gasteiger partial charge in [0, 0.05) is 5.56 Å². The molecule has 0 aliphatic carbocycles. The van der Waals surface area contributed by atoms with Crippen molar-refractivity contribution in [2.75, 3.05) is 11.4 Å². The van der Waals surface area contributed by atoms with Crippen LogP contribution in [0, 0.1) is 0 Å². The maximum absolute atomic E-state index is 13.0. The van der Waals surface area contributed by atoms with Crippen LogP contribution in [0.25, 0.3) is 0 Å². The largest absolute Gasteiger partial charge is 0.497 e. The van der Waals surface area contributed by atoms with E-state index in [4.69, 9.17) is 22.1 Å². The maximum atomic E-state index is 13.0. The fourth-order valence-corrected chi connectivity index (χ4v) is 3.83. The van der Waals surface area contributed by atoms with Crippen molar-refractivity contribution in [1.29, 1.82) is 0 Å². The highest BCUT2D eigenvalue weighted by Crippen LogP contribution is 2.29. The van der Waals surface area contributed by atoms with E-state index in [-0.39, 0.29) is 16.3 Å². The summed E-state index contributed by atoms with van der Waals surface area (Å²) in [5.41, 5.74) is 5.13. The number of anilines is 1. The smallest absolute Gasteiger partial charge is 0.309 e. The molecule has 1 atom stereocenters. The second-order valence-electron chi connectivity index (χ2n) is 5.50. The van der Waals surface area contributed by atoms with Crippen LogP contribution >= 0.6 is 11.6 Å². The number of nitrogens with zero attached hydrogens (tertiary/aromatic N) is 1. The number of ether oxygens (including phenoxy) is 1. The molecule has 2 aromatic rings. The van der Waals surface area contributed by atoms with E-state index < -0.39 is 28.1 Å². The zero-order valence-corrected chi connectivity index (χ0v) is 16.1. The Hall–Kier alpha value is -2.62. The van der Waals surface area contributed by atoms with Crippen molar-refractivity contribution in [3.8, 4) is 5.75 Å². The summed E-state index contributed by atoms with van der Waals surface area (Å²) >= 11 is 6.11. The summed E-state index contributed by atoms with van der Waals surface area (Å²) in [4.78, 5) is 24.3. The van der Waals surface area contributed by atoms with Crippen molar-refractivity contribution in [2.45, 2.75) is 13.0 Å². The molecule has 2 amide bonds. The number of para-hydroxylation sites is 1. The molecular weight excluding hydrogens is 394 g/mol. The third-order valence-electron chi connectivity index (χ3n) is 3.59. The second kappa shape index (κ2) is 8.38. The highest BCUT2D eigenvalue weighted by atomic mass is 35.5.